The van der Waals surface area contributed by atoms with Crippen molar-refractivity contribution < 1.29 is 4.79 Å². The van der Waals surface area contributed by atoms with Crippen LogP contribution in [-0.2, 0) is 30.7 Å². The van der Waals surface area contributed by atoms with Gasteiger partial charge in [-0.3, -0.25) is 18.7 Å². The van der Waals surface area contributed by atoms with E-state index in [1.807, 2.05) is 35.7 Å². The fourth-order valence-electron chi connectivity index (χ4n) is 4.49. The molecule has 1 N–H and O–H groups in total. The molecule has 1 aliphatic carbocycles. The summed E-state index contributed by atoms with van der Waals surface area (Å²) in [7, 11) is 0. The quantitative estimate of drug-likeness (QED) is 0.495. The van der Waals surface area contributed by atoms with E-state index < -0.39 is 5.69 Å². The lowest BCUT2D eigenvalue weighted by Gasteiger charge is -2.17. The second-order valence-corrected chi connectivity index (χ2v) is 9.06. The SMILES string of the molecule is O=C(Cn1c(=O)n(CCc2cccs2)c(=O)c2ccccc21)N[C@@H]1CCc2ccccc21. The number of hydrogen-bond donors (Lipinski definition) is 1. The van der Waals surface area contributed by atoms with E-state index in [0.29, 0.717) is 17.3 Å². The van der Waals surface area contributed by atoms with Crippen LogP contribution in [-0.4, -0.2) is 15.0 Å². The Bertz CT molecular complexity index is 1400. The zero-order chi connectivity index (χ0) is 22.1. The highest BCUT2D eigenvalue weighted by molar-refractivity contribution is 7.09. The molecule has 2 aromatic heterocycles. The minimum Gasteiger partial charge on any atom is -0.348 e. The van der Waals surface area contributed by atoms with Crippen molar-refractivity contribution in [2.75, 3.05) is 0 Å². The molecule has 0 saturated heterocycles. The Morgan fingerprint density at radius 3 is 2.66 bits per heavy atom. The van der Waals surface area contributed by atoms with Crippen LogP contribution in [0.2, 0.25) is 0 Å². The van der Waals surface area contributed by atoms with Gasteiger partial charge in [-0.25, -0.2) is 4.79 Å². The van der Waals surface area contributed by atoms with Gasteiger partial charge in [0.25, 0.3) is 5.56 Å². The van der Waals surface area contributed by atoms with Crippen LogP contribution in [0.15, 0.2) is 75.6 Å². The number of para-hydroxylation sites is 1. The van der Waals surface area contributed by atoms with E-state index >= 15 is 0 Å². The molecule has 0 fully saturated rings. The number of amides is 1. The first kappa shape index (κ1) is 20.5. The van der Waals surface area contributed by atoms with Crippen molar-refractivity contribution in [1.82, 2.24) is 14.5 Å². The highest BCUT2D eigenvalue weighted by Crippen LogP contribution is 2.30. The second-order valence-electron chi connectivity index (χ2n) is 8.03. The molecule has 6 nitrogen and oxygen atoms in total. The molecule has 1 atom stereocenters. The summed E-state index contributed by atoms with van der Waals surface area (Å²) >= 11 is 1.60. The normalized spacial score (nSPS) is 15.1. The average Bonchev–Trinajstić information content (AvgIpc) is 3.47. The number of aryl methyl sites for hydroxylation is 2. The summed E-state index contributed by atoms with van der Waals surface area (Å²) in [5.41, 5.74) is 2.11. The Labute approximate surface area is 188 Å². The number of hydrogen-bond acceptors (Lipinski definition) is 4. The first-order valence-electron chi connectivity index (χ1n) is 10.7. The highest BCUT2D eigenvalue weighted by atomic mass is 32.1. The zero-order valence-electron chi connectivity index (χ0n) is 17.5. The monoisotopic (exact) mass is 445 g/mol. The van der Waals surface area contributed by atoms with Crippen molar-refractivity contribution in [3.05, 3.63) is 103 Å². The van der Waals surface area contributed by atoms with Gasteiger partial charge >= 0.3 is 5.69 Å². The fraction of sp³-hybridized carbons (Fsp3) is 0.240. The molecule has 0 spiro atoms. The standard InChI is InChI=1S/C25H23N3O3S/c29-23(26-21-12-11-17-6-1-2-8-19(17)21)16-28-22-10-4-3-9-20(22)24(30)27(25(28)31)14-13-18-7-5-15-32-18/h1-10,15,21H,11-14,16H2,(H,26,29)/t21-/m1/s1. The maximum atomic E-state index is 13.3. The van der Waals surface area contributed by atoms with Crippen molar-refractivity contribution >= 4 is 28.1 Å². The van der Waals surface area contributed by atoms with E-state index in [9.17, 15) is 14.4 Å². The number of nitrogens with one attached hydrogen (secondary N) is 1. The summed E-state index contributed by atoms with van der Waals surface area (Å²) in [6.45, 7) is 0.151. The number of aromatic nitrogens is 2. The van der Waals surface area contributed by atoms with E-state index in [0.717, 1.165) is 23.3 Å². The summed E-state index contributed by atoms with van der Waals surface area (Å²) in [6.07, 6.45) is 2.37. The molecule has 0 aliphatic heterocycles. The van der Waals surface area contributed by atoms with Gasteiger partial charge in [0, 0.05) is 11.4 Å². The number of benzene rings is 2. The van der Waals surface area contributed by atoms with Crippen LogP contribution in [0.25, 0.3) is 10.9 Å². The van der Waals surface area contributed by atoms with Crippen LogP contribution in [0.3, 0.4) is 0 Å². The zero-order valence-corrected chi connectivity index (χ0v) is 18.3. The molecule has 2 aromatic carbocycles. The number of nitrogens with zero attached hydrogens (tertiary/aromatic N) is 2. The molecule has 0 radical (unpaired) electrons. The molecule has 1 amide bonds. The molecular formula is C25H23N3O3S. The number of carbonyl (C=O) groups is 1. The number of rotatable bonds is 6. The molecule has 4 aromatic rings. The van der Waals surface area contributed by atoms with Gasteiger partial charge in [0.15, 0.2) is 0 Å². The molecule has 2 heterocycles. The maximum absolute atomic E-state index is 13.3. The maximum Gasteiger partial charge on any atom is 0.331 e. The van der Waals surface area contributed by atoms with Gasteiger partial charge in [0.1, 0.15) is 6.54 Å². The lowest BCUT2D eigenvalue weighted by molar-refractivity contribution is -0.122. The molecule has 162 valence electrons. The summed E-state index contributed by atoms with van der Waals surface area (Å²) in [6, 6.07) is 19.0. The molecule has 1 aliphatic rings. The van der Waals surface area contributed by atoms with E-state index in [1.165, 1.54) is 14.7 Å². The van der Waals surface area contributed by atoms with Gasteiger partial charge in [-0.2, -0.15) is 0 Å². The Morgan fingerprint density at radius 1 is 1.00 bits per heavy atom. The van der Waals surface area contributed by atoms with Gasteiger partial charge in [0.2, 0.25) is 5.91 Å². The number of fused-ring (bicyclic) bond motifs is 2. The van der Waals surface area contributed by atoms with Gasteiger partial charge in [-0.1, -0.05) is 42.5 Å². The largest absolute Gasteiger partial charge is 0.348 e. The number of carbonyl (C=O) groups excluding carboxylic acids is 1. The van der Waals surface area contributed by atoms with Gasteiger partial charge in [0.05, 0.1) is 16.9 Å². The topological polar surface area (TPSA) is 73.1 Å². The fourth-order valence-corrected chi connectivity index (χ4v) is 5.19. The minimum atomic E-state index is -0.452. The van der Waals surface area contributed by atoms with Crippen molar-refractivity contribution in [1.29, 1.82) is 0 Å². The summed E-state index contributed by atoms with van der Waals surface area (Å²) in [5.74, 6) is -0.234. The molecule has 32 heavy (non-hydrogen) atoms. The first-order valence-corrected chi connectivity index (χ1v) is 11.6. The van der Waals surface area contributed by atoms with Crippen molar-refractivity contribution in [3.63, 3.8) is 0 Å². The molecular weight excluding hydrogens is 422 g/mol. The minimum absolute atomic E-state index is 0.0506. The van der Waals surface area contributed by atoms with Crippen molar-refractivity contribution in [3.8, 4) is 0 Å². The van der Waals surface area contributed by atoms with Gasteiger partial charge < -0.3 is 5.32 Å². The Balaban J connectivity index is 1.46. The third-order valence-corrected chi connectivity index (χ3v) is 7.00. The first-order chi connectivity index (χ1) is 15.6. The van der Waals surface area contributed by atoms with E-state index in [1.54, 1.807) is 35.6 Å². The lowest BCUT2D eigenvalue weighted by Crippen LogP contribution is -2.43. The van der Waals surface area contributed by atoms with Crippen LogP contribution in [0.4, 0.5) is 0 Å². The molecule has 0 bridgehead atoms. The van der Waals surface area contributed by atoms with Crippen LogP contribution < -0.4 is 16.6 Å². The van der Waals surface area contributed by atoms with Crippen molar-refractivity contribution in [2.24, 2.45) is 0 Å². The third-order valence-electron chi connectivity index (χ3n) is 6.06. The summed E-state index contributed by atoms with van der Waals surface area (Å²) in [5, 5.41) is 5.50. The molecule has 7 heteroatoms. The number of thiophene rings is 1. The molecule has 5 rings (SSSR count). The third kappa shape index (κ3) is 3.80. The average molecular weight is 446 g/mol. The van der Waals surface area contributed by atoms with Crippen LogP contribution in [0.5, 0.6) is 0 Å². The molecule has 0 saturated carbocycles. The van der Waals surface area contributed by atoms with E-state index in [-0.39, 0.29) is 30.6 Å². The Morgan fingerprint density at radius 2 is 1.81 bits per heavy atom. The molecule has 0 unspecified atom stereocenters. The van der Waals surface area contributed by atoms with Gasteiger partial charge in [-0.05, 0) is 54.0 Å². The smallest absolute Gasteiger partial charge is 0.331 e. The summed E-state index contributed by atoms with van der Waals surface area (Å²) in [4.78, 5) is 40.4. The highest BCUT2D eigenvalue weighted by Gasteiger charge is 2.24. The lowest BCUT2D eigenvalue weighted by atomic mass is 10.1. The van der Waals surface area contributed by atoms with Crippen LogP contribution in [0, 0.1) is 0 Å². The van der Waals surface area contributed by atoms with E-state index in [2.05, 4.69) is 11.4 Å². The van der Waals surface area contributed by atoms with E-state index in [4.69, 9.17) is 0 Å². The van der Waals surface area contributed by atoms with Crippen LogP contribution in [0.1, 0.15) is 28.5 Å². The summed E-state index contributed by atoms with van der Waals surface area (Å²) < 4.78 is 2.67. The predicted molar refractivity (Wildman–Crippen MR) is 126 cm³/mol. The Hall–Kier alpha value is -3.45. The van der Waals surface area contributed by atoms with Crippen molar-refractivity contribution in [2.45, 2.75) is 38.4 Å². The Kier molecular flexibility index (Phi) is 5.49. The van der Waals surface area contributed by atoms with Gasteiger partial charge in [-0.15, -0.1) is 11.3 Å². The van der Waals surface area contributed by atoms with Crippen LogP contribution >= 0.6 is 11.3 Å². The predicted octanol–water partition coefficient (Wildman–Crippen LogP) is 3.27. The second kappa shape index (κ2) is 8.59.